The molecule has 0 saturated carbocycles. The van der Waals surface area contributed by atoms with Crippen LogP contribution in [0.2, 0.25) is 0 Å². The molecule has 0 spiro atoms. The summed E-state index contributed by atoms with van der Waals surface area (Å²) in [5.74, 6) is -0.165. The molecule has 1 heterocycles. The summed E-state index contributed by atoms with van der Waals surface area (Å²) in [6.45, 7) is 0.655. The summed E-state index contributed by atoms with van der Waals surface area (Å²) >= 11 is 3.27. The Morgan fingerprint density at radius 2 is 2.11 bits per heavy atom. The van der Waals surface area contributed by atoms with Gasteiger partial charge in [-0.3, -0.25) is 4.98 Å². The van der Waals surface area contributed by atoms with Gasteiger partial charge >= 0.3 is 0 Å². The molecule has 3 nitrogen and oxygen atoms in total. The molecule has 5 heteroatoms. The Labute approximate surface area is 113 Å². The summed E-state index contributed by atoms with van der Waals surface area (Å²) in [5, 5.41) is 0. The Bertz CT molecular complexity index is 548. The van der Waals surface area contributed by atoms with E-state index in [4.69, 9.17) is 10.5 Å². The summed E-state index contributed by atoms with van der Waals surface area (Å²) in [7, 11) is 0. The van der Waals surface area contributed by atoms with Crippen LogP contribution < -0.4 is 10.5 Å². The average Bonchev–Trinajstić information content (AvgIpc) is 2.40. The lowest BCUT2D eigenvalue weighted by Gasteiger charge is -2.08. The van der Waals surface area contributed by atoms with Crippen molar-refractivity contribution in [1.82, 2.24) is 4.98 Å². The molecule has 0 saturated heterocycles. The van der Waals surface area contributed by atoms with Crippen molar-refractivity contribution >= 4 is 15.9 Å². The van der Waals surface area contributed by atoms with Gasteiger partial charge in [0.2, 0.25) is 0 Å². The molecule has 2 N–H and O–H groups in total. The number of hydrogen-bond donors (Lipinski definition) is 1. The first-order valence-electron chi connectivity index (χ1n) is 5.41. The van der Waals surface area contributed by atoms with Gasteiger partial charge in [-0.05, 0) is 35.9 Å². The van der Waals surface area contributed by atoms with E-state index in [-0.39, 0.29) is 18.2 Å². The van der Waals surface area contributed by atoms with E-state index in [0.29, 0.717) is 6.54 Å². The minimum atomic E-state index is -0.383. The molecule has 1 aromatic heterocycles. The molecule has 1 aromatic carbocycles. The van der Waals surface area contributed by atoms with Crippen LogP contribution in [0.4, 0.5) is 4.39 Å². The van der Waals surface area contributed by atoms with Gasteiger partial charge in [-0.2, -0.15) is 0 Å². The van der Waals surface area contributed by atoms with E-state index in [2.05, 4.69) is 20.9 Å². The molecule has 0 aliphatic carbocycles. The van der Waals surface area contributed by atoms with Crippen LogP contribution >= 0.6 is 15.9 Å². The van der Waals surface area contributed by atoms with Crippen LogP contribution in [-0.2, 0) is 13.2 Å². The van der Waals surface area contributed by atoms with Gasteiger partial charge in [0.05, 0.1) is 5.69 Å². The van der Waals surface area contributed by atoms with Gasteiger partial charge in [-0.1, -0.05) is 15.9 Å². The highest BCUT2D eigenvalue weighted by Gasteiger charge is 2.04. The van der Waals surface area contributed by atoms with Crippen LogP contribution in [0.3, 0.4) is 0 Å². The third-order valence-corrected chi connectivity index (χ3v) is 2.87. The zero-order valence-corrected chi connectivity index (χ0v) is 11.2. The maximum absolute atomic E-state index is 13.4. The lowest BCUT2D eigenvalue weighted by Crippen LogP contribution is -2.02. The lowest BCUT2D eigenvalue weighted by atomic mass is 10.2. The molecule has 0 atom stereocenters. The normalized spacial score (nSPS) is 10.4. The minimum Gasteiger partial charge on any atom is -0.486 e. The third kappa shape index (κ3) is 3.27. The summed E-state index contributed by atoms with van der Waals surface area (Å²) in [4.78, 5) is 4.08. The number of hydrogen-bond acceptors (Lipinski definition) is 3. The summed E-state index contributed by atoms with van der Waals surface area (Å²) < 4.78 is 19.6. The lowest BCUT2D eigenvalue weighted by molar-refractivity contribution is 0.290. The molecule has 0 bridgehead atoms. The van der Waals surface area contributed by atoms with Gasteiger partial charge in [0.15, 0.2) is 11.6 Å². The van der Waals surface area contributed by atoms with Crippen molar-refractivity contribution in [2.45, 2.75) is 13.2 Å². The molecule has 2 aromatic rings. The van der Waals surface area contributed by atoms with Crippen LogP contribution in [0.15, 0.2) is 41.0 Å². The number of halogens is 2. The average molecular weight is 311 g/mol. The number of aromatic nitrogens is 1. The number of nitrogens with two attached hydrogens (primary N) is 1. The zero-order chi connectivity index (χ0) is 13.0. The van der Waals surface area contributed by atoms with Crippen LogP contribution in [0.5, 0.6) is 5.75 Å². The van der Waals surface area contributed by atoms with Crippen molar-refractivity contribution in [3.8, 4) is 5.75 Å². The Morgan fingerprint density at radius 3 is 2.89 bits per heavy atom. The van der Waals surface area contributed by atoms with Crippen LogP contribution in [-0.4, -0.2) is 4.98 Å². The molecule has 0 aliphatic heterocycles. The van der Waals surface area contributed by atoms with Crippen molar-refractivity contribution < 1.29 is 9.13 Å². The third-order valence-electron chi connectivity index (χ3n) is 2.38. The van der Waals surface area contributed by atoms with Gasteiger partial charge in [-0.15, -0.1) is 0 Å². The molecule has 18 heavy (non-hydrogen) atoms. The summed E-state index contributed by atoms with van der Waals surface area (Å²) in [5.41, 5.74) is 7.19. The number of benzene rings is 1. The zero-order valence-electron chi connectivity index (χ0n) is 9.57. The Balaban J connectivity index is 2.08. The molecule has 94 valence electrons. The molecular weight excluding hydrogens is 299 g/mol. The fourth-order valence-electron chi connectivity index (χ4n) is 1.48. The van der Waals surface area contributed by atoms with Crippen molar-refractivity contribution in [1.29, 1.82) is 0 Å². The smallest absolute Gasteiger partial charge is 0.165 e. The second-order valence-corrected chi connectivity index (χ2v) is 4.64. The fraction of sp³-hybridized carbons (Fsp3) is 0.154. The van der Waals surface area contributed by atoms with E-state index in [1.807, 2.05) is 12.1 Å². The van der Waals surface area contributed by atoms with Gasteiger partial charge in [0.25, 0.3) is 0 Å². The van der Waals surface area contributed by atoms with E-state index >= 15 is 0 Å². The van der Waals surface area contributed by atoms with Gasteiger partial charge in [0, 0.05) is 17.2 Å². The maximum Gasteiger partial charge on any atom is 0.165 e. The van der Waals surface area contributed by atoms with E-state index in [9.17, 15) is 4.39 Å². The predicted molar refractivity (Wildman–Crippen MR) is 70.6 cm³/mol. The van der Waals surface area contributed by atoms with E-state index in [0.717, 1.165) is 15.7 Å². The van der Waals surface area contributed by atoms with E-state index < -0.39 is 0 Å². The number of rotatable bonds is 4. The quantitative estimate of drug-likeness (QED) is 0.944. The highest BCUT2D eigenvalue weighted by atomic mass is 79.9. The Kier molecular flexibility index (Phi) is 4.28. The van der Waals surface area contributed by atoms with Crippen molar-refractivity contribution in [3.05, 3.63) is 58.1 Å². The second-order valence-electron chi connectivity index (χ2n) is 3.72. The molecular formula is C13H12BrFN2O. The van der Waals surface area contributed by atoms with Gasteiger partial charge < -0.3 is 10.5 Å². The first-order valence-corrected chi connectivity index (χ1v) is 6.20. The molecule has 0 amide bonds. The largest absolute Gasteiger partial charge is 0.486 e. The first-order chi connectivity index (χ1) is 8.69. The van der Waals surface area contributed by atoms with Gasteiger partial charge in [0.1, 0.15) is 6.61 Å². The van der Waals surface area contributed by atoms with Crippen molar-refractivity contribution in [3.63, 3.8) is 0 Å². The molecule has 2 rings (SSSR count). The van der Waals surface area contributed by atoms with Crippen LogP contribution in [0.25, 0.3) is 0 Å². The monoisotopic (exact) mass is 310 g/mol. The van der Waals surface area contributed by atoms with E-state index in [1.165, 1.54) is 6.07 Å². The predicted octanol–water partition coefficient (Wildman–Crippen LogP) is 3.02. The van der Waals surface area contributed by atoms with Crippen LogP contribution in [0.1, 0.15) is 11.3 Å². The molecule has 0 aliphatic rings. The van der Waals surface area contributed by atoms with Gasteiger partial charge in [-0.25, -0.2) is 4.39 Å². The molecule has 0 radical (unpaired) electrons. The Hall–Kier alpha value is -1.46. The summed E-state index contributed by atoms with van der Waals surface area (Å²) in [6.07, 6.45) is 1.66. The topological polar surface area (TPSA) is 48.1 Å². The minimum absolute atomic E-state index is 0.218. The number of nitrogens with zero attached hydrogens (tertiary/aromatic N) is 1. The van der Waals surface area contributed by atoms with Crippen molar-refractivity contribution in [2.24, 2.45) is 5.73 Å². The van der Waals surface area contributed by atoms with Crippen molar-refractivity contribution in [2.75, 3.05) is 0 Å². The molecule has 0 fully saturated rings. The fourth-order valence-corrected chi connectivity index (χ4v) is 1.82. The highest BCUT2D eigenvalue weighted by molar-refractivity contribution is 9.10. The number of pyridine rings is 1. The second kappa shape index (κ2) is 5.93. The Morgan fingerprint density at radius 1 is 1.28 bits per heavy atom. The highest BCUT2D eigenvalue weighted by Crippen LogP contribution is 2.23. The number of ether oxygens (including phenoxy) is 1. The van der Waals surface area contributed by atoms with Crippen LogP contribution in [0, 0.1) is 5.82 Å². The molecule has 0 unspecified atom stereocenters. The van der Waals surface area contributed by atoms with E-state index in [1.54, 1.807) is 18.3 Å². The maximum atomic E-state index is 13.4. The SMILES string of the molecule is NCc1cc(COc2cc(Br)ccc2F)ccn1. The standard InChI is InChI=1S/C13H12BrFN2O/c14-10-1-2-12(15)13(6-10)18-8-9-3-4-17-11(5-9)7-16/h1-6H,7-8,16H2. The summed E-state index contributed by atoms with van der Waals surface area (Å²) in [6, 6.07) is 8.24. The first kappa shape index (κ1) is 13.0.